The van der Waals surface area contributed by atoms with Crippen LogP contribution in [0, 0.1) is 0 Å². The van der Waals surface area contributed by atoms with Crippen LogP contribution in [0.5, 0.6) is 0 Å². The molecule has 0 radical (unpaired) electrons. The molecule has 0 saturated carbocycles. The Balaban J connectivity index is 2.41. The molecule has 0 aliphatic carbocycles. The van der Waals surface area contributed by atoms with Crippen LogP contribution in [-0.2, 0) is 6.42 Å². The van der Waals surface area contributed by atoms with E-state index in [1.54, 1.807) is 0 Å². The van der Waals surface area contributed by atoms with Gasteiger partial charge in [-0.3, -0.25) is 4.79 Å². The Morgan fingerprint density at radius 3 is 2.94 bits per heavy atom. The fourth-order valence-electron chi connectivity index (χ4n) is 1.25. The molecule has 1 heterocycles. The molecule has 0 fully saturated rings. The van der Waals surface area contributed by atoms with Gasteiger partial charge in [0.15, 0.2) is 0 Å². The second kappa shape index (κ2) is 6.55. The van der Waals surface area contributed by atoms with E-state index in [9.17, 15) is 9.90 Å². The number of nitrogens with zero attached hydrogens (tertiary/aromatic N) is 2. The van der Waals surface area contributed by atoms with Crippen molar-refractivity contribution in [3.8, 4) is 0 Å². The molecule has 1 atom stereocenters. The number of hydrogen-bond acceptors (Lipinski definition) is 5. The standard InChI is InChI=1S/C10H17N3O2S/c1-3-7(14)5-6-11-10(15)9-8(4-2)12-13-16-9/h7,14H,3-6H2,1-2H3,(H,11,15). The normalized spacial score (nSPS) is 12.4. The number of aromatic nitrogens is 2. The van der Waals surface area contributed by atoms with Crippen LogP contribution < -0.4 is 5.32 Å². The van der Waals surface area contributed by atoms with E-state index in [1.165, 1.54) is 0 Å². The Labute approximate surface area is 99.0 Å². The number of nitrogens with one attached hydrogen (secondary N) is 1. The molecule has 5 nitrogen and oxygen atoms in total. The quantitative estimate of drug-likeness (QED) is 0.781. The summed E-state index contributed by atoms with van der Waals surface area (Å²) in [5.74, 6) is -0.143. The van der Waals surface area contributed by atoms with Crippen molar-refractivity contribution in [3.05, 3.63) is 10.6 Å². The summed E-state index contributed by atoms with van der Waals surface area (Å²) in [7, 11) is 0. The summed E-state index contributed by atoms with van der Waals surface area (Å²) in [5, 5.41) is 16.0. The first-order valence-corrected chi connectivity index (χ1v) is 6.23. The van der Waals surface area contributed by atoms with Gasteiger partial charge in [-0.1, -0.05) is 18.3 Å². The number of aliphatic hydroxyl groups excluding tert-OH is 1. The number of carbonyl (C=O) groups is 1. The minimum absolute atomic E-state index is 0.143. The first-order chi connectivity index (χ1) is 7.69. The van der Waals surface area contributed by atoms with E-state index in [1.807, 2.05) is 13.8 Å². The number of amides is 1. The third kappa shape index (κ3) is 3.53. The molecule has 1 aromatic rings. The van der Waals surface area contributed by atoms with Crippen LogP contribution >= 0.6 is 11.5 Å². The summed E-state index contributed by atoms with van der Waals surface area (Å²) in [4.78, 5) is 12.3. The Kier molecular flexibility index (Phi) is 5.34. The van der Waals surface area contributed by atoms with Gasteiger partial charge in [0.05, 0.1) is 11.8 Å². The third-order valence-corrected chi connectivity index (χ3v) is 3.10. The van der Waals surface area contributed by atoms with Gasteiger partial charge < -0.3 is 10.4 Å². The maximum Gasteiger partial charge on any atom is 0.264 e. The molecule has 1 amide bonds. The van der Waals surface area contributed by atoms with Crippen molar-refractivity contribution < 1.29 is 9.90 Å². The van der Waals surface area contributed by atoms with Crippen LogP contribution in [-0.4, -0.2) is 33.2 Å². The zero-order chi connectivity index (χ0) is 12.0. The van der Waals surface area contributed by atoms with Gasteiger partial charge in [-0.15, -0.1) is 5.10 Å². The van der Waals surface area contributed by atoms with Crippen LogP contribution in [0.15, 0.2) is 0 Å². The van der Waals surface area contributed by atoms with E-state index in [-0.39, 0.29) is 12.0 Å². The monoisotopic (exact) mass is 243 g/mol. The lowest BCUT2D eigenvalue weighted by Crippen LogP contribution is -2.27. The van der Waals surface area contributed by atoms with Crippen LogP contribution in [0.4, 0.5) is 0 Å². The molecule has 1 unspecified atom stereocenters. The molecule has 90 valence electrons. The number of rotatable bonds is 6. The Morgan fingerprint density at radius 2 is 2.31 bits per heavy atom. The van der Waals surface area contributed by atoms with Gasteiger partial charge in [0.1, 0.15) is 4.88 Å². The highest BCUT2D eigenvalue weighted by Gasteiger charge is 2.14. The van der Waals surface area contributed by atoms with Gasteiger partial charge in [0.2, 0.25) is 0 Å². The first kappa shape index (κ1) is 13.1. The fraction of sp³-hybridized carbons (Fsp3) is 0.700. The highest BCUT2D eigenvalue weighted by atomic mass is 32.1. The molecule has 1 aromatic heterocycles. The van der Waals surface area contributed by atoms with Crippen LogP contribution in [0.25, 0.3) is 0 Å². The van der Waals surface area contributed by atoms with Crippen molar-refractivity contribution in [1.29, 1.82) is 0 Å². The van der Waals surface area contributed by atoms with E-state index < -0.39 is 0 Å². The van der Waals surface area contributed by atoms with Crippen molar-refractivity contribution >= 4 is 17.4 Å². The Bertz CT molecular complexity index is 341. The number of aliphatic hydroxyl groups is 1. The molecule has 6 heteroatoms. The molecular weight excluding hydrogens is 226 g/mol. The third-order valence-electron chi connectivity index (χ3n) is 2.33. The lowest BCUT2D eigenvalue weighted by molar-refractivity contribution is 0.0945. The summed E-state index contributed by atoms with van der Waals surface area (Å²) in [5.41, 5.74) is 0.735. The van der Waals surface area contributed by atoms with Crippen LogP contribution in [0.1, 0.15) is 42.1 Å². The zero-order valence-corrected chi connectivity index (χ0v) is 10.4. The number of carbonyl (C=O) groups excluding carboxylic acids is 1. The van der Waals surface area contributed by atoms with E-state index in [0.29, 0.717) is 30.7 Å². The van der Waals surface area contributed by atoms with Crippen molar-refractivity contribution in [2.24, 2.45) is 0 Å². The average molecular weight is 243 g/mol. The van der Waals surface area contributed by atoms with E-state index in [4.69, 9.17) is 0 Å². The lowest BCUT2D eigenvalue weighted by atomic mass is 10.2. The molecule has 0 aromatic carbocycles. The maximum atomic E-state index is 11.7. The molecular formula is C10H17N3O2S. The van der Waals surface area contributed by atoms with Crippen molar-refractivity contribution in [2.45, 2.75) is 39.2 Å². The van der Waals surface area contributed by atoms with Gasteiger partial charge in [0.25, 0.3) is 5.91 Å². The Morgan fingerprint density at radius 1 is 1.56 bits per heavy atom. The molecule has 0 saturated heterocycles. The predicted octanol–water partition coefficient (Wildman–Crippen LogP) is 0.991. The minimum Gasteiger partial charge on any atom is -0.393 e. The highest BCUT2D eigenvalue weighted by molar-refractivity contribution is 7.08. The van der Waals surface area contributed by atoms with E-state index in [2.05, 4.69) is 14.9 Å². The summed E-state index contributed by atoms with van der Waals surface area (Å²) in [6.45, 7) is 4.33. The minimum atomic E-state index is -0.342. The van der Waals surface area contributed by atoms with Gasteiger partial charge in [0, 0.05) is 6.54 Å². The smallest absolute Gasteiger partial charge is 0.264 e. The van der Waals surface area contributed by atoms with Gasteiger partial charge in [-0.2, -0.15) is 0 Å². The molecule has 1 rings (SSSR count). The second-order valence-corrected chi connectivity index (χ2v) is 4.26. The molecule has 0 aliphatic rings. The maximum absolute atomic E-state index is 11.7. The molecule has 0 aliphatic heterocycles. The Hall–Kier alpha value is -1.01. The van der Waals surface area contributed by atoms with Crippen LogP contribution in [0.3, 0.4) is 0 Å². The molecule has 0 spiro atoms. The highest BCUT2D eigenvalue weighted by Crippen LogP contribution is 2.10. The largest absolute Gasteiger partial charge is 0.393 e. The van der Waals surface area contributed by atoms with Gasteiger partial charge in [-0.05, 0) is 30.8 Å². The summed E-state index contributed by atoms with van der Waals surface area (Å²) >= 11 is 1.11. The SMILES string of the molecule is CCc1nnsc1C(=O)NCCC(O)CC. The van der Waals surface area contributed by atoms with Gasteiger partial charge in [-0.25, -0.2) is 0 Å². The average Bonchev–Trinajstić information content (AvgIpc) is 2.76. The molecule has 16 heavy (non-hydrogen) atoms. The lowest BCUT2D eigenvalue weighted by Gasteiger charge is -2.08. The topological polar surface area (TPSA) is 75.1 Å². The summed E-state index contributed by atoms with van der Waals surface area (Å²) < 4.78 is 3.75. The van der Waals surface area contributed by atoms with E-state index >= 15 is 0 Å². The zero-order valence-electron chi connectivity index (χ0n) is 9.56. The number of hydrogen-bond donors (Lipinski definition) is 2. The molecule has 2 N–H and O–H groups in total. The number of aryl methyl sites for hydroxylation is 1. The van der Waals surface area contributed by atoms with Crippen molar-refractivity contribution in [2.75, 3.05) is 6.54 Å². The summed E-state index contributed by atoms with van der Waals surface area (Å²) in [6, 6.07) is 0. The van der Waals surface area contributed by atoms with Crippen molar-refractivity contribution in [3.63, 3.8) is 0 Å². The van der Waals surface area contributed by atoms with Gasteiger partial charge >= 0.3 is 0 Å². The summed E-state index contributed by atoms with van der Waals surface area (Å²) in [6.07, 6.45) is 1.65. The van der Waals surface area contributed by atoms with Crippen molar-refractivity contribution in [1.82, 2.24) is 14.9 Å². The van der Waals surface area contributed by atoms with Crippen LogP contribution in [0.2, 0.25) is 0 Å². The molecule has 0 bridgehead atoms. The second-order valence-electron chi connectivity index (χ2n) is 3.51. The fourth-order valence-corrected chi connectivity index (χ4v) is 1.92. The first-order valence-electron chi connectivity index (χ1n) is 5.46. The van der Waals surface area contributed by atoms with E-state index in [0.717, 1.165) is 17.2 Å². The predicted molar refractivity (Wildman–Crippen MR) is 62.5 cm³/mol.